The summed E-state index contributed by atoms with van der Waals surface area (Å²) in [5.41, 5.74) is 6.68. The molecule has 2 aliphatic rings. The van der Waals surface area contributed by atoms with Crippen LogP contribution in [0.15, 0.2) is 48.9 Å². The molecule has 146 valence electrons. The number of hydrogen-bond donors (Lipinski definition) is 3. The van der Waals surface area contributed by atoms with Crippen LogP contribution in [0.1, 0.15) is 18.2 Å². The maximum atomic E-state index is 10.8. The number of fused-ring (bicyclic) bond motifs is 1. The number of rotatable bonds is 3. The Morgan fingerprint density at radius 3 is 2.82 bits per heavy atom. The molecule has 4 heterocycles. The first-order valence-corrected chi connectivity index (χ1v) is 9.34. The molecule has 8 heteroatoms. The molecule has 0 amide bonds. The summed E-state index contributed by atoms with van der Waals surface area (Å²) in [6.45, 7) is 0.232. The highest BCUT2D eigenvalue weighted by Gasteiger charge is 2.58. The van der Waals surface area contributed by atoms with Crippen LogP contribution in [0.4, 0.5) is 5.82 Å². The van der Waals surface area contributed by atoms with Crippen molar-refractivity contribution in [1.29, 1.82) is 0 Å². The van der Waals surface area contributed by atoms with Gasteiger partial charge in [-0.25, -0.2) is 9.97 Å². The highest BCUT2D eigenvalue weighted by Crippen LogP contribution is 2.45. The van der Waals surface area contributed by atoms with E-state index in [1.807, 2.05) is 30.3 Å². The van der Waals surface area contributed by atoms with Crippen molar-refractivity contribution in [2.24, 2.45) is 0 Å². The molecule has 2 fully saturated rings. The van der Waals surface area contributed by atoms with Crippen molar-refractivity contribution >= 4 is 16.9 Å². The number of ether oxygens (including phenoxy) is 2. The maximum Gasteiger partial charge on any atom is 0.164 e. The van der Waals surface area contributed by atoms with E-state index in [-0.39, 0.29) is 12.7 Å². The van der Waals surface area contributed by atoms with E-state index in [1.165, 1.54) is 6.33 Å². The zero-order chi connectivity index (χ0) is 19.3. The lowest BCUT2D eigenvalue weighted by molar-refractivity contribution is -0.103. The summed E-state index contributed by atoms with van der Waals surface area (Å²) in [5.74, 6) is 0.360. The smallest absolute Gasteiger partial charge is 0.164 e. The molecule has 5 rings (SSSR count). The van der Waals surface area contributed by atoms with Gasteiger partial charge in [0.25, 0.3) is 0 Å². The van der Waals surface area contributed by atoms with Crippen molar-refractivity contribution in [3.63, 3.8) is 0 Å². The molecule has 4 N–H and O–H groups in total. The monoisotopic (exact) mass is 382 g/mol. The highest BCUT2D eigenvalue weighted by atomic mass is 16.6. The molecule has 0 aliphatic carbocycles. The molecule has 2 aromatic heterocycles. The molecule has 5 atom stereocenters. The predicted molar refractivity (Wildman–Crippen MR) is 101 cm³/mol. The quantitative estimate of drug-likeness (QED) is 0.620. The van der Waals surface area contributed by atoms with Gasteiger partial charge in [0, 0.05) is 12.6 Å². The molecule has 1 aromatic carbocycles. The van der Waals surface area contributed by atoms with Gasteiger partial charge >= 0.3 is 0 Å². The molecule has 2 saturated heterocycles. The average molecular weight is 382 g/mol. The van der Waals surface area contributed by atoms with Gasteiger partial charge in [-0.1, -0.05) is 30.3 Å². The Kier molecular flexibility index (Phi) is 4.09. The van der Waals surface area contributed by atoms with Crippen LogP contribution in [-0.2, 0) is 15.9 Å². The molecule has 0 bridgehead atoms. The number of benzene rings is 1. The Morgan fingerprint density at radius 2 is 2.00 bits per heavy atom. The number of aliphatic hydroxyl groups is 2. The maximum absolute atomic E-state index is 10.8. The molecular formula is C20H22N4O4. The third-order valence-corrected chi connectivity index (χ3v) is 5.77. The average Bonchev–Trinajstić information content (AvgIpc) is 3.37. The van der Waals surface area contributed by atoms with Gasteiger partial charge in [0.05, 0.1) is 18.1 Å². The Labute approximate surface area is 161 Å². The third-order valence-electron chi connectivity index (χ3n) is 5.77. The van der Waals surface area contributed by atoms with Gasteiger partial charge in [-0.15, -0.1) is 0 Å². The Morgan fingerprint density at radius 1 is 1.18 bits per heavy atom. The van der Waals surface area contributed by atoms with Crippen LogP contribution < -0.4 is 5.73 Å². The topological polar surface area (TPSA) is 116 Å². The van der Waals surface area contributed by atoms with E-state index in [0.717, 1.165) is 12.0 Å². The van der Waals surface area contributed by atoms with Crippen LogP contribution in [0.3, 0.4) is 0 Å². The van der Waals surface area contributed by atoms with Crippen LogP contribution in [0.5, 0.6) is 0 Å². The lowest BCUT2D eigenvalue weighted by Gasteiger charge is -2.25. The lowest BCUT2D eigenvalue weighted by Crippen LogP contribution is -2.43. The van der Waals surface area contributed by atoms with Crippen molar-refractivity contribution < 1.29 is 19.7 Å². The summed E-state index contributed by atoms with van der Waals surface area (Å²) in [6, 6.07) is 11.8. The Bertz CT molecular complexity index is 994. The zero-order valence-corrected chi connectivity index (χ0v) is 15.2. The lowest BCUT2D eigenvalue weighted by atomic mass is 9.90. The van der Waals surface area contributed by atoms with Gasteiger partial charge in [0.15, 0.2) is 6.23 Å². The zero-order valence-electron chi connectivity index (χ0n) is 15.2. The van der Waals surface area contributed by atoms with Gasteiger partial charge in [0.2, 0.25) is 0 Å². The van der Waals surface area contributed by atoms with Crippen LogP contribution in [0.2, 0.25) is 0 Å². The number of nitrogens with two attached hydrogens (primary N) is 1. The minimum absolute atomic E-state index is 0.0811. The van der Waals surface area contributed by atoms with Crippen LogP contribution in [0.25, 0.3) is 11.0 Å². The first-order valence-electron chi connectivity index (χ1n) is 9.34. The summed E-state index contributed by atoms with van der Waals surface area (Å²) in [4.78, 5) is 8.24. The second kappa shape index (κ2) is 6.52. The van der Waals surface area contributed by atoms with Gasteiger partial charge in [-0.05, 0) is 18.1 Å². The van der Waals surface area contributed by atoms with Crippen LogP contribution >= 0.6 is 0 Å². The molecule has 28 heavy (non-hydrogen) atoms. The summed E-state index contributed by atoms with van der Waals surface area (Å²) >= 11 is 0. The number of aliphatic hydroxyl groups excluding tert-OH is 2. The molecule has 0 radical (unpaired) electrons. The second-order valence-electron chi connectivity index (χ2n) is 7.55. The van der Waals surface area contributed by atoms with Gasteiger partial charge in [-0.2, -0.15) is 0 Å². The molecule has 3 aromatic rings. The largest absolute Gasteiger partial charge is 0.387 e. The first-order chi connectivity index (χ1) is 13.6. The van der Waals surface area contributed by atoms with E-state index in [2.05, 4.69) is 9.97 Å². The van der Waals surface area contributed by atoms with E-state index < -0.39 is 24.0 Å². The SMILES string of the molecule is Nc1ncnc2c1ccn2C1OC2(COC(Cc3ccccc3)C2)C(O)C1O. The van der Waals surface area contributed by atoms with Gasteiger partial charge in [-0.3, -0.25) is 0 Å². The minimum atomic E-state index is -1.11. The minimum Gasteiger partial charge on any atom is -0.387 e. The number of anilines is 1. The Hall–Kier alpha value is -2.52. The number of nitrogens with zero attached hydrogens (tertiary/aromatic N) is 3. The fraction of sp³-hybridized carbons (Fsp3) is 0.400. The number of hydrogen-bond acceptors (Lipinski definition) is 7. The fourth-order valence-corrected chi connectivity index (χ4v) is 4.32. The standard InChI is InChI=1S/C20H22N4O4/c21-17-14-6-7-24(18(14)23-11-22-17)19-15(25)16(26)20(28-19)9-13(27-10-20)8-12-4-2-1-3-5-12/h1-7,11,13,15-16,19,25-26H,8-10H2,(H2,21,22,23). The predicted octanol–water partition coefficient (Wildman–Crippen LogP) is 1.03. The van der Waals surface area contributed by atoms with Crippen molar-refractivity contribution in [3.8, 4) is 0 Å². The molecule has 5 unspecified atom stereocenters. The second-order valence-corrected chi connectivity index (χ2v) is 7.55. The number of nitrogen functional groups attached to an aromatic ring is 1. The molecule has 2 aliphatic heterocycles. The van der Waals surface area contributed by atoms with Gasteiger partial charge in [0.1, 0.15) is 35.6 Å². The van der Waals surface area contributed by atoms with Crippen molar-refractivity contribution in [2.45, 2.75) is 43.0 Å². The van der Waals surface area contributed by atoms with E-state index in [1.54, 1.807) is 16.8 Å². The number of aromatic nitrogens is 3. The van der Waals surface area contributed by atoms with Gasteiger partial charge < -0.3 is 30.0 Å². The van der Waals surface area contributed by atoms with Crippen molar-refractivity contribution in [1.82, 2.24) is 14.5 Å². The molecular weight excluding hydrogens is 360 g/mol. The Balaban J connectivity index is 1.40. The summed E-state index contributed by atoms with van der Waals surface area (Å²) in [5, 5.41) is 22.2. The first kappa shape index (κ1) is 17.6. The summed E-state index contributed by atoms with van der Waals surface area (Å²) in [6.07, 6.45) is 1.33. The third kappa shape index (κ3) is 2.68. The van der Waals surface area contributed by atoms with Crippen LogP contribution in [-0.4, -0.2) is 55.3 Å². The van der Waals surface area contributed by atoms with Crippen molar-refractivity contribution in [3.05, 3.63) is 54.5 Å². The van der Waals surface area contributed by atoms with E-state index in [0.29, 0.717) is 23.3 Å². The summed E-state index contributed by atoms with van der Waals surface area (Å²) < 4.78 is 13.9. The van der Waals surface area contributed by atoms with E-state index >= 15 is 0 Å². The summed E-state index contributed by atoms with van der Waals surface area (Å²) in [7, 11) is 0. The van der Waals surface area contributed by atoms with E-state index in [4.69, 9.17) is 15.2 Å². The van der Waals surface area contributed by atoms with Crippen LogP contribution in [0, 0.1) is 0 Å². The molecule has 8 nitrogen and oxygen atoms in total. The van der Waals surface area contributed by atoms with E-state index in [9.17, 15) is 10.2 Å². The highest BCUT2D eigenvalue weighted by molar-refractivity contribution is 5.86. The fourth-order valence-electron chi connectivity index (χ4n) is 4.32. The normalized spacial score (nSPS) is 32.5. The van der Waals surface area contributed by atoms with Crippen molar-refractivity contribution in [2.75, 3.05) is 12.3 Å². The molecule has 0 saturated carbocycles. The molecule has 1 spiro atoms.